The van der Waals surface area contributed by atoms with Crippen molar-refractivity contribution in [2.75, 3.05) is 0 Å². The van der Waals surface area contributed by atoms with Gasteiger partial charge in [0.2, 0.25) is 0 Å². The van der Waals surface area contributed by atoms with E-state index in [1.807, 2.05) is 48.9 Å². The molecule has 3 atom stereocenters. The number of amides is 1. The van der Waals surface area contributed by atoms with Crippen LogP contribution in [0.4, 0.5) is 0 Å². The molecule has 1 aliphatic carbocycles. The highest BCUT2D eigenvalue weighted by Crippen LogP contribution is 2.29. The van der Waals surface area contributed by atoms with Crippen molar-refractivity contribution in [1.82, 2.24) is 15.1 Å². The van der Waals surface area contributed by atoms with Gasteiger partial charge in [-0.3, -0.25) is 4.79 Å². The van der Waals surface area contributed by atoms with E-state index in [0.29, 0.717) is 17.4 Å². The van der Waals surface area contributed by atoms with Crippen LogP contribution in [0, 0.1) is 25.7 Å². The second kappa shape index (κ2) is 6.80. The van der Waals surface area contributed by atoms with Crippen molar-refractivity contribution in [2.45, 2.75) is 53.0 Å². The SMILES string of the molecule is Cc1cc(C)n(-c2ccc(C(=O)N[C@@H]3CCC[C@@H](C)[C@@H]3C)cc2)n1. The van der Waals surface area contributed by atoms with Gasteiger partial charge in [-0.05, 0) is 62.4 Å². The summed E-state index contributed by atoms with van der Waals surface area (Å²) < 4.78 is 1.90. The van der Waals surface area contributed by atoms with E-state index in [-0.39, 0.29) is 11.9 Å². The molecule has 1 aromatic carbocycles. The van der Waals surface area contributed by atoms with Crippen LogP contribution < -0.4 is 5.32 Å². The van der Waals surface area contributed by atoms with Gasteiger partial charge in [0.15, 0.2) is 0 Å². The predicted molar refractivity (Wildman–Crippen MR) is 96.5 cm³/mol. The third-order valence-corrected chi connectivity index (χ3v) is 5.41. The standard InChI is InChI=1S/C20H27N3O/c1-13-6-5-7-19(16(13)4)21-20(24)17-8-10-18(11-9-17)23-15(3)12-14(2)22-23/h8-13,16,19H,5-7H2,1-4H3,(H,21,24)/t13-,16+,19-/m1/s1. The summed E-state index contributed by atoms with van der Waals surface area (Å²) in [5, 5.41) is 7.71. The number of benzene rings is 1. The van der Waals surface area contributed by atoms with Crippen LogP contribution in [0.3, 0.4) is 0 Å². The minimum absolute atomic E-state index is 0.0286. The molecular weight excluding hydrogens is 298 g/mol. The Morgan fingerprint density at radius 1 is 1.17 bits per heavy atom. The molecule has 128 valence electrons. The summed E-state index contributed by atoms with van der Waals surface area (Å²) in [6.07, 6.45) is 3.55. The van der Waals surface area contributed by atoms with E-state index in [0.717, 1.165) is 23.5 Å². The minimum atomic E-state index is 0.0286. The summed E-state index contributed by atoms with van der Waals surface area (Å²) in [7, 11) is 0. The molecule has 24 heavy (non-hydrogen) atoms. The predicted octanol–water partition coefficient (Wildman–Crippen LogP) is 4.04. The molecule has 4 heteroatoms. The van der Waals surface area contributed by atoms with Crippen molar-refractivity contribution in [3.63, 3.8) is 0 Å². The first-order chi connectivity index (χ1) is 11.5. The second-order valence-corrected chi connectivity index (χ2v) is 7.23. The average Bonchev–Trinajstić information content (AvgIpc) is 2.90. The second-order valence-electron chi connectivity index (χ2n) is 7.23. The van der Waals surface area contributed by atoms with Crippen molar-refractivity contribution in [1.29, 1.82) is 0 Å². The summed E-state index contributed by atoms with van der Waals surface area (Å²) in [5.41, 5.74) is 3.78. The Labute approximate surface area is 144 Å². The van der Waals surface area contributed by atoms with Crippen LogP contribution in [0.1, 0.15) is 54.9 Å². The van der Waals surface area contributed by atoms with Crippen LogP contribution in [0.15, 0.2) is 30.3 Å². The Kier molecular flexibility index (Phi) is 4.74. The van der Waals surface area contributed by atoms with Crippen LogP contribution >= 0.6 is 0 Å². The van der Waals surface area contributed by atoms with Crippen molar-refractivity contribution in [2.24, 2.45) is 11.8 Å². The van der Waals surface area contributed by atoms with Gasteiger partial charge in [0, 0.05) is 17.3 Å². The molecule has 1 aliphatic rings. The zero-order valence-electron chi connectivity index (χ0n) is 15.0. The van der Waals surface area contributed by atoms with E-state index in [1.54, 1.807) is 0 Å². The number of hydrogen-bond acceptors (Lipinski definition) is 2. The van der Waals surface area contributed by atoms with Gasteiger partial charge in [-0.15, -0.1) is 0 Å². The quantitative estimate of drug-likeness (QED) is 0.925. The Bertz CT molecular complexity index is 717. The molecule has 1 amide bonds. The molecular formula is C20H27N3O. The summed E-state index contributed by atoms with van der Waals surface area (Å²) in [6.45, 7) is 8.55. The molecule has 0 unspecified atom stereocenters. The molecule has 3 rings (SSSR count). The fourth-order valence-electron chi connectivity index (χ4n) is 3.68. The van der Waals surface area contributed by atoms with Crippen molar-refractivity contribution in [3.05, 3.63) is 47.3 Å². The van der Waals surface area contributed by atoms with Gasteiger partial charge in [-0.2, -0.15) is 5.10 Å². The normalized spacial score (nSPS) is 23.9. The van der Waals surface area contributed by atoms with Gasteiger partial charge >= 0.3 is 0 Å². The lowest BCUT2D eigenvalue weighted by Gasteiger charge is -2.34. The number of carbonyl (C=O) groups is 1. The molecule has 4 nitrogen and oxygen atoms in total. The number of nitrogens with one attached hydrogen (secondary N) is 1. The Morgan fingerprint density at radius 2 is 1.88 bits per heavy atom. The summed E-state index contributed by atoms with van der Waals surface area (Å²) in [5.74, 6) is 1.25. The molecule has 1 N–H and O–H groups in total. The monoisotopic (exact) mass is 325 g/mol. The summed E-state index contributed by atoms with van der Waals surface area (Å²) in [6, 6.07) is 10.0. The Morgan fingerprint density at radius 3 is 2.50 bits per heavy atom. The highest BCUT2D eigenvalue weighted by Gasteiger charge is 2.28. The molecule has 2 aromatic rings. The lowest BCUT2D eigenvalue weighted by molar-refractivity contribution is 0.0891. The third-order valence-electron chi connectivity index (χ3n) is 5.41. The van der Waals surface area contributed by atoms with Crippen LogP contribution in [0.5, 0.6) is 0 Å². The first-order valence-corrected chi connectivity index (χ1v) is 8.90. The molecule has 1 fully saturated rings. The zero-order valence-corrected chi connectivity index (χ0v) is 15.0. The van der Waals surface area contributed by atoms with Gasteiger partial charge < -0.3 is 5.32 Å². The highest BCUT2D eigenvalue weighted by molar-refractivity contribution is 5.94. The van der Waals surface area contributed by atoms with E-state index in [1.165, 1.54) is 12.8 Å². The third kappa shape index (κ3) is 3.37. The molecule has 0 radical (unpaired) electrons. The van der Waals surface area contributed by atoms with E-state index < -0.39 is 0 Å². The first-order valence-electron chi connectivity index (χ1n) is 8.90. The summed E-state index contributed by atoms with van der Waals surface area (Å²) in [4.78, 5) is 12.6. The maximum absolute atomic E-state index is 12.6. The van der Waals surface area contributed by atoms with E-state index in [9.17, 15) is 4.79 Å². The average molecular weight is 325 g/mol. The van der Waals surface area contributed by atoms with Crippen LogP contribution in [-0.4, -0.2) is 21.7 Å². The van der Waals surface area contributed by atoms with Crippen molar-refractivity contribution < 1.29 is 4.79 Å². The lowest BCUT2D eigenvalue weighted by atomic mass is 9.78. The molecule has 1 saturated carbocycles. The van der Waals surface area contributed by atoms with Gasteiger partial charge in [0.05, 0.1) is 11.4 Å². The van der Waals surface area contributed by atoms with Gasteiger partial charge in [0.25, 0.3) is 5.91 Å². The molecule has 0 aliphatic heterocycles. The fourth-order valence-corrected chi connectivity index (χ4v) is 3.68. The highest BCUT2D eigenvalue weighted by atomic mass is 16.1. The van der Waals surface area contributed by atoms with Crippen molar-refractivity contribution in [3.8, 4) is 5.69 Å². The number of hydrogen-bond donors (Lipinski definition) is 1. The van der Waals surface area contributed by atoms with Gasteiger partial charge in [-0.25, -0.2) is 4.68 Å². The van der Waals surface area contributed by atoms with Crippen LogP contribution in [0.2, 0.25) is 0 Å². The van der Waals surface area contributed by atoms with E-state index >= 15 is 0 Å². The Balaban J connectivity index is 1.71. The topological polar surface area (TPSA) is 46.9 Å². The molecule has 1 heterocycles. The number of aryl methyl sites for hydroxylation is 2. The molecule has 1 aromatic heterocycles. The smallest absolute Gasteiger partial charge is 0.251 e. The number of nitrogens with zero attached hydrogens (tertiary/aromatic N) is 2. The molecule has 0 bridgehead atoms. The fraction of sp³-hybridized carbons (Fsp3) is 0.500. The van der Waals surface area contributed by atoms with Crippen molar-refractivity contribution >= 4 is 5.91 Å². The number of carbonyl (C=O) groups excluding carboxylic acids is 1. The minimum Gasteiger partial charge on any atom is -0.349 e. The molecule has 0 spiro atoms. The van der Waals surface area contributed by atoms with Crippen LogP contribution in [0.25, 0.3) is 5.69 Å². The number of rotatable bonds is 3. The molecule has 0 saturated heterocycles. The largest absolute Gasteiger partial charge is 0.349 e. The maximum atomic E-state index is 12.6. The maximum Gasteiger partial charge on any atom is 0.251 e. The lowest BCUT2D eigenvalue weighted by Crippen LogP contribution is -2.43. The summed E-state index contributed by atoms with van der Waals surface area (Å²) >= 11 is 0. The Hall–Kier alpha value is -2.10. The zero-order chi connectivity index (χ0) is 17.3. The van der Waals surface area contributed by atoms with Crippen LogP contribution in [-0.2, 0) is 0 Å². The number of aromatic nitrogens is 2. The van der Waals surface area contributed by atoms with Gasteiger partial charge in [-0.1, -0.05) is 26.7 Å². The van der Waals surface area contributed by atoms with E-state index in [4.69, 9.17) is 0 Å². The van der Waals surface area contributed by atoms with Gasteiger partial charge in [0.1, 0.15) is 0 Å². The first kappa shape index (κ1) is 16.7. The van der Waals surface area contributed by atoms with E-state index in [2.05, 4.69) is 24.3 Å².